The molecule has 1 saturated heterocycles. The minimum atomic E-state index is -0.618. The highest BCUT2D eigenvalue weighted by molar-refractivity contribution is 6.33. The second-order valence-electron chi connectivity index (χ2n) is 9.40. The van der Waals surface area contributed by atoms with Crippen molar-refractivity contribution in [2.75, 3.05) is 13.2 Å². The van der Waals surface area contributed by atoms with Gasteiger partial charge in [0, 0.05) is 18.2 Å². The van der Waals surface area contributed by atoms with Gasteiger partial charge in [0.15, 0.2) is 0 Å². The molecule has 4 rings (SSSR count). The van der Waals surface area contributed by atoms with Gasteiger partial charge < -0.3 is 19.8 Å². The number of likely N-dealkylation sites (tertiary alicyclic amines) is 1. The quantitative estimate of drug-likeness (QED) is 0.473. The van der Waals surface area contributed by atoms with E-state index in [1.807, 2.05) is 45.0 Å². The summed E-state index contributed by atoms with van der Waals surface area (Å²) in [6, 6.07) is 7.90. The molecular weight excluding hydrogens is 482 g/mol. The lowest BCUT2D eigenvalue weighted by molar-refractivity contribution is -0.141. The fourth-order valence-corrected chi connectivity index (χ4v) is 4.86. The summed E-state index contributed by atoms with van der Waals surface area (Å²) >= 11 is 6.21. The van der Waals surface area contributed by atoms with Crippen molar-refractivity contribution in [3.05, 3.63) is 64.8 Å². The SMILES string of the molecule is Cc1cc([C@H](C(=O)N2CCC[C@H]2C(=O)N[C@@H](CO)c2ccc(-c3cnncc3Cl)cc2)C(C)C)on1. The Hall–Kier alpha value is -3.30. The number of hydrogen-bond donors (Lipinski definition) is 2. The summed E-state index contributed by atoms with van der Waals surface area (Å²) in [5, 5.41) is 25.0. The Morgan fingerprint density at radius 1 is 1.22 bits per heavy atom. The van der Waals surface area contributed by atoms with E-state index in [9.17, 15) is 14.7 Å². The molecule has 3 atom stereocenters. The zero-order valence-electron chi connectivity index (χ0n) is 20.5. The topological polar surface area (TPSA) is 121 Å². The molecule has 0 aliphatic carbocycles. The van der Waals surface area contributed by atoms with Crippen LogP contribution in [0.25, 0.3) is 11.1 Å². The first kappa shape index (κ1) is 25.8. The van der Waals surface area contributed by atoms with Crippen molar-refractivity contribution >= 4 is 23.4 Å². The number of halogens is 1. The van der Waals surface area contributed by atoms with E-state index in [4.69, 9.17) is 16.1 Å². The number of hydrogen-bond acceptors (Lipinski definition) is 7. The van der Waals surface area contributed by atoms with Gasteiger partial charge in [0.2, 0.25) is 11.8 Å². The van der Waals surface area contributed by atoms with Crippen LogP contribution in [-0.4, -0.2) is 56.4 Å². The molecule has 0 bridgehead atoms. The summed E-state index contributed by atoms with van der Waals surface area (Å²) in [5.74, 6) is -0.471. The molecule has 1 fully saturated rings. The van der Waals surface area contributed by atoms with Crippen molar-refractivity contribution in [1.82, 2.24) is 25.6 Å². The fourth-order valence-electron chi connectivity index (χ4n) is 4.66. The van der Waals surface area contributed by atoms with Gasteiger partial charge in [-0.15, -0.1) is 0 Å². The number of carbonyl (C=O) groups is 2. The maximum atomic E-state index is 13.5. The van der Waals surface area contributed by atoms with Crippen LogP contribution >= 0.6 is 11.6 Å². The number of amides is 2. The summed E-state index contributed by atoms with van der Waals surface area (Å²) in [7, 11) is 0. The first-order valence-electron chi connectivity index (χ1n) is 12.0. The number of carbonyl (C=O) groups excluding carboxylic acids is 2. The summed E-state index contributed by atoms with van der Waals surface area (Å²) in [6.07, 6.45) is 4.34. The molecule has 2 aromatic heterocycles. The molecule has 3 aromatic rings. The molecule has 36 heavy (non-hydrogen) atoms. The van der Waals surface area contributed by atoms with Crippen molar-refractivity contribution in [3.63, 3.8) is 0 Å². The Bertz CT molecular complexity index is 1210. The summed E-state index contributed by atoms with van der Waals surface area (Å²) < 4.78 is 5.41. The third-order valence-electron chi connectivity index (χ3n) is 6.53. The molecule has 1 aliphatic rings. The predicted octanol–water partition coefficient (Wildman–Crippen LogP) is 3.67. The number of aliphatic hydroxyl groups is 1. The summed E-state index contributed by atoms with van der Waals surface area (Å²) in [6.45, 7) is 5.92. The Kier molecular flexibility index (Phi) is 8.01. The van der Waals surface area contributed by atoms with E-state index in [1.54, 1.807) is 17.2 Å². The Morgan fingerprint density at radius 3 is 2.56 bits per heavy atom. The molecule has 1 aliphatic heterocycles. The monoisotopic (exact) mass is 511 g/mol. The highest BCUT2D eigenvalue weighted by Gasteiger charge is 2.40. The normalized spacial score (nSPS) is 17.3. The molecule has 3 heterocycles. The van der Waals surface area contributed by atoms with Gasteiger partial charge in [-0.2, -0.15) is 10.2 Å². The molecule has 2 amide bonds. The first-order chi connectivity index (χ1) is 17.3. The van der Waals surface area contributed by atoms with Crippen LogP contribution in [0.5, 0.6) is 0 Å². The number of nitrogens with one attached hydrogen (secondary N) is 1. The second-order valence-corrected chi connectivity index (χ2v) is 9.81. The third kappa shape index (κ3) is 5.42. The van der Waals surface area contributed by atoms with Crippen LogP contribution in [0.1, 0.15) is 55.7 Å². The van der Waals surface area contributed by atoms with Gasteiger partial charge in [0.1, 0.15) is 17.7 Å². The molecule has 0 unspecified atom stereocenters. The van der Waals surface area contributed by atoms with Crippen LogP contribution in [0.15, 0.2) is 47.2 Å². The van der Waals surface area contributed by atoms with E-state index in [0.29, 0.717) is 29.4 Å². The lowest BCUT2D eigenvalue weighted by Crippen LogP contribution is -2.49. The zero-order chi connectivity index (χ0) is 25.8. The van der Waals surface area contributed by atoms with Crippen molar-refractivity contribution < 1.29 is 19.2 Å². The molecule has 0 spiro atoms. The van der Waals surface area contributed by atoms with E-state index >= 15 is 0 Å². The van der Waals surface area contributed by atoms with Crippen molar-refractivity contribution in [1.29, 1.82) is 0 Å². The number of nitrogens with zero attached hydrogens (tertiary/aromatic N) is 4. The van der Waals surface area contributed by atoms with Crippen LogP contribution < -0.4 is 5.32 Å². The Morgan fingerprint density at radius 2 is 1.94 bits per heavy atom. The van der Waals surface area contributed by atoms with Crippen LogP contribution in [0.2, 0.25) is 5.02 Å². The fraction of sp³-hybridized carbons (Fsp3) is 0.423. The van der Waals surface area contributed by atoms with Gasteiger partial charge in [0.05, 0.1) is 35.8 Å². The van der Waals surface area contributed by atoms with E-state index in [-0.39, 0.29) is 24.3 Å². The van der Waals surface area contributed by atoms with Crippen molar-refractivity contribution in [2.45, 2.75) is 51.6 Å². The Balaban J connectivity index is 1.48. The largest absolute Gasteiger partial charge is 0.394 e. The van der Waals surface area contributed by atoms with Crippen molar-refractivity contribution in [2.24, 2.45) is 5.92 Å². The number of rotatable bonds is 8. The summed E-state index contributed by atoms with van der Waals surface area (Å²) in [4.78, 5) is 28.4. The molecule has 2 N–H and O–H groups in total. The number of aromatic nitrogens is 3. The van der Waals surface area contributed by atoms with Gasteiger partial charge in [-0.1, -0.05) is 54.9 Å². The number of aliphatic hydroxyl groups excluding tert-OH is 1. The van der Waals surface area contributed by atoms with Crippen LogP contribution in [0, 0.1) is 12.8 Å². The zero-order valence-corrected chi connectivity index (χ0v) is 21.3. The van der Waals surface area contributed by atoms with Gasteiger partial charge in [0.25, 0.3) is 0 Å². The molecular formula is C26H30ClN5O4. The van der Waals surface area contributed by atoms with E-state index < -0.39 is 18.0 Å². The lowest BCUT2D eigenvalue weighted by atomic mass is 9.91. The van der Waals surface area contributed by atoms with Gasteiger partial charge >= 0.3 is 0 Å². The van der Waals surface area contributed by atoms with Gasteiger partial charge in [-0.3, -0.25) is 9.59 Å². The smallest absolute Gasteiger partial charge is 0.243 e. The van der Waals surface area contributed by atoms with E-state index in [1.165, 1.54) is 6.20 Å². The maximum absolute atomic E-state index is 13.5. The minimum Gasteiger partial charge on any atom is -0.394 e. The molecule has 190 valence electrons. The van der Waals surface area contributed by atoms with E-state index in [0.717, 1.165) is 23.1 Å². The molecule has 9 nitrogen and oxygen atoms in total. The first-order valence-corrected chi connectivity index (χ1v) is 12.4. The Labute approximate surface area is 214 Å². The second kappa shape index (κ2) is 11.2. The predicted molar refractivity (Wildman–Crippen MR) is 134 cm³/mol. The molecule has 0 radical (unpaired) electrons. The minimum absolute atomic E-state index is 0.0260. The highest BCUT2D eigenvalue weighted by Crippen LogP contribution is 2.31. The van der Waals surface area contributed by atoms with Crippen LogP contribution in [0.3, 0.4) is 0 Å². The van der Waals surface area contributed by atoms with Crippen LogP contribution in [-0.2, 0) is 9.59 Å². The van der Waals surface area contributed by atoms with Gasteiger partial charge in [-0.25, -0.2) is 0 Å². The van der Waals surface area contributed by atoms with Gasteiger partial charge in [-0.05, 0) is 36.8 Å². The summed E-state index contributed by atoms with van der Waals surface area (Å²) in [5.41, 5.74) is 3.03. The lowest BCUT2D eigenvalue weighted by Gasteiger charge is -2.30. The molecule has 0 saturated carbocycles. The third-order valence-corrected chi connectivity index (χ3v) is 6.83. The average Bonchev–Trinajstić information content (AvgIpc) is 3.52. The maximum Gasteiger partial charge on any atom is 0.243 e. The number of benzene rings is 1. The average molecular weight is 512 g/mol. The molecule has 1 aromatic carbocycles. The standard InChI is InChI=1S/C26H30ClN5O4/c1-15(2)24(23-11-16(3)31-36-23)26(35)32-10-4-5-22(32)25(34)30-21(14-33)18-8-6-17(7-9-18)19-12-28-29-13-20(19)27/h6-9,11-13,15,21-22,24,33H,4-5,10,14H2,1-3H3,(H,30,34)/t21-,22-,24+/m0/s1. The highest BCUT2D eigenvalue weighted by atomic mass is 35.5. The van der Waals surface area contributed by atoms with Crippen molar-refractivity contribution in [3.8, 4) is 11.1 Å². The van der Waals surface area contributed by atoms with Crippen LogP contribution in [0.4, 0.5) is 0 Å². The molecule has 10 heteroatoms. The van der Waals surface area contributed by atoms with E-state index in [2.05, 4.69) is 20.7 Å². The number of aryl methyl sites for hydroxylation is 1.